The Hall–Kier alpha value is -1.23. The average Bonchev–Trinajstić information content (AvgIpc) is 2.94. The average molecular weight is 261 g/mol. The molecule has 5 nitrogen and oxygen atoms in total. The molecule has 1 aromatic heterocycles. The van der Waals surface area contributed by atoms with Crippen molar-refractivity contribution in [1.82, 2.24) is 20.5 Å². The molecule has 19 heavy (non-hydrogen) atoms. The van der Waals surface area contributed by atoms with E-state index in [0.29, 0.717) is 6.04 Å². The minimum absolute atomic E-state index is 0.563. The van der Waals surface area contributed by atoms with E-state index in [1.807, 2.05) is 0 Å². The zero-order valence-corrected chi connectivity index (χ0v) is 11.9. The van der Waals surface area contributed by atoms with Crippen molar-refractivity contribution < 1.29 is 0 Å². The third-order valence-electron chi connectivity index (χ3n) is 4.43. The van der Waals surface area contributed by atoms with Crippen LogP contribution in [0.5, 0.6) is 0 Å². The second kappa shape index (κ2) is 5.41. The minimum Gasteiger partial charge on any atom is -0.335 e. The molecular weight excluding hydrogens is 238 g/mol. The summed E-state index contributed by atoms with van der Waals surface area (Å²) in [7, 11) is 0. The second-order valence-electron chi connectivity index (χ2n) is 5.53. The Balaban J connectivity index is 1.88. The number of piperidine rings is 1. The van der Waals surface area contributed by atoms with Crippen LogP contribution >= 0.6 is 0 Å². The highest BCUT2D eigenvalue weighted by Crippen LogP contribution is 2.29. The molecule has 0 saturated carbocycles. The van der Waals surface area contributed by atoms with Gasteiger partial charge in [-0.2, -0.15) is 5.10 Å². The molecule has 1 N–H and O–H groups in total. The number of aromatic nitrogens is 3. The van der Waals surface area contributed by atoms with Crippen LogP contribution in [0.3, 0.4) is 0 Å². The van der Waals surface area contributed by atoms with Gasteiger partial charge in [-0.25, -0.2) is 4.98 Å². The lowest BCUT2D eigenvalue weighted by molar-refractivity contribution is 0.379. The van der Waals surface area contributed by atoms with Gasteiger partial charge in [0.1, 0.15) is 0 Å². The zero-order valence-electron chi connectivity index (χ0n) is 11.9. The number of nitrogens with one attached hydrogen (secondary N) is 1. The van der Waals surface area contributed by atoms with Crippen molar-refractivity contribution in [1.29, 1.82) is 0 Å². The first-order valence-corrected chi connectivity index (χ1v) is 7.53. The lowest BCUT2D eigenvalue weighted by Crippen LogP contribution is -2.46. The number of nitrogens with zero attached hydrogens (tertiary/aromatic N) is 4. The fourth-order valence-corrected chi connectivity index (χ4v) is 3.37. The third-order valence-corrected chi connectivity index (χ3v) is 4.43. The fourth-order valence-electron chi connectivity index (χ4n) is 3.37. The monoisotopic (exact) mass is 261 g/mol. The molecule has 2 unspecified atom stereocenters. The highest BCUT2D eigenvalue weighted by molar-refractivity contribution is 5.34. The molecular formula is C14H23N5. The van der Waals surface area contributed by atoms with Gasteiger partial charge in [0.2, 0.25) is 5.95 Å². The Morgan fingerprint density at radius 2 is 2.00 bits per heavy atom. The van der Waals surface area contributed by atoms with E-state index in [2.05, 4.69) is 34.3 Å². The van der Waals surface area contributed by atoms with E-state index in [0.717, 1.165) is 55.7 Å². The number of aryl methyl sites for hydroxylation is 2. The van der Waals surface area contributed by atoms with E-state index in [1.165, 1.54) is 12.8 Å². The maximum absolute atomic E-state index is 4.77. The van der Waals surface area contributed by atoms with Gasteiger partial charge in [-0.15, -0.1) is 5.10 Å². The SMILES string of the molecule is CCc1nnc(N2CCCC3CNCC32)nc1CC. The Morgan fingerprint density at radius 3 is 2.79 bits per heavy atom. The zero-order chi connectivity index (χ0) is 13.2. The van der Waals surface area contributed by atoms with Crippen LogP contribution in [0.25, 0.3) is 0 Å². The van der Waals surface area contributed by atoms with E-state index in [-0.39, 0.29) is 0 Å². The van der Waals surface area contributed by atoms with Crippen LogP contribution in [-0.2, 0) is 12.8 Å². The molecule has 5 heteroatoms. The largest absolute Gasteiger partial charge is 0.335 e. The van der Waals surface area contributed by atoms with E-state index in [4.69, 9.17) is 4.98 Å². The van der Waals surface area contributed by atoms with Crippen molar-refractivity contribution in [3.63, 3.8) is 0 Å². The van der Waals surface area contributed by atoms with Gasteiger partial charge in [-0.1, -0.05) is 13.8 Å². The third kappa shape index (κ3) is 2.31. The van der Waals surface area contributed by atoms with Crippen molar-refractivity contribution in [2.24, 2.45) is 5.92 Å². The summed E-state index contributed by atoms with van der Waals surface area (Å²) in [6, 6.07) is 0.563. The summed E-state index contributed by atoms with van der Waals surface area (Å²) < 4.78 is 0. The highest BCUT2D eigenvalue weighted by atomic mass is 15.4. The molecule has 2 atom stereocenters. The molecule has 3 heterocycles. The van der Waals surface area contributed by atoms with E-state index in [1.54, 1.807) is 0 Å². The predicted octanol–water partition coefficient (Wildman–Crippen LogP) is 1.18. The van der Waals surface area contributed by atoms with Gasteiger partial charge in [0.05, 0.1) is 11.4 Å². The second-order valence-corrected chi connectivity index (χ2v) is 5.53. The topological polar surface area (TPSA) is 53.9 Å². The van der Waals surface area contributed by atoms with Crippen LogP contribution in [-0.4, -0.2) is 40.9 Å². The molecule has 2 fully saturated rings. The number of anilines is 1. The fraction of sp³-hybridized carbons (Fsp3) is 0.786. The number of fused-ring (bicyclic) bond motifs is 1. The van der Waals surface area contributed by atoms with Crippen LogP contribution in [0, 0.1) is 5.92 Å². The molecule has 0 spiro atoms. The maximum Gasteiger partial charge on any atom is 0.245 e. The summed E-state index contributed by atoms with van der Waals surface area (Å²) in [5, 5.41) is 12.3. The number of rotatable bonds is 3. The van der Waals surface area contributed by atoms with Crippen LogP contribution in [0.1, 0.15) is 38.1 Å². The van der Waals surface area contributed by atoms with Gasteiger partial charge in [0.25, 0.3) is 0 Å². The molecule has 0 aliphatic carbocycles. The predicted molar refractivity (Wildman–Crippen MR) is 75.3 cm³/mol. The molecule has 0 bridgehead atoms. The Morgan fingerprint density at radius 1 is 1.16 bits per heavy atom. The van der Waals surface area contributed by atoms with Crippen LogP contribution in [0.4, 0.5) is 5.95 Å². The summed E-state index contributed by atoms with van der Waals surface area (Å²) in [5.74, 6) is 1.60. The number of hydrogen-bond acceptors (Lipinski definition) is 5. The first kappa shape index (κ1) is 12.8. The summed E-state index contributed by atoms with van der Waals surface area (Å²) >= 11 is 0. The van der Waals surface area contributed by atoms with Crippen LogP contribution in [0.2, 0.25) is 0 Å². The Labute approximate surface area is 114 Å². The van der Waals surface area contributed by atoms with Gasteiger partial charge in [0.15, 0.2) is 0 Å². The highest BCUT2D eigenvalue weighted by Gasteiger charge is 2.36. The molecule has 0 aromatic carbocycles. The van der Waals surface area contributed by atoms with Crippen molar-refractivity contribution in [2.75, 3.05) is 24.5 Å². The summed E-state index contributed by atoms with van der Waals surface area (Å²) in [5.41, 5.74) is 2.16. The van der Waals surface area contributed by atoms with Crippen molar-refractivity contribution in [2.45, 2.75) is 45.6 Å². The first-order valence-electron chi connectivity index (χ1n) is 7.53. The first-order chi connectivity index (χ1) is 9.33. The molecule has 104 valence electrons. The molecule has 2 saturated heterocycles. The van der Waals surface area contributed by atoms with Gasteiger partial charge in [-0.3, -0.25) is 0 Å². The minimum atomic E-state index is 0.563. The van der Waals surface area contributed by atoms with Crippen molar-refractivity contribution in [3.05, 3.63) is 11.4 Å². The number of hydrogen-bond donors (Lipinski definition) is 1. The summed E-state index contributed by atoms with van der Waals surface area (Å²) in [4.78, 5) is 7.15. The van der Waals surface area contributed by atoms with Gasteiger partial charge >= 0.3 is 0 Å². The molecule has 1 aromatic rings. The normalized spacial score (nSPS) is 26.5. The van der Waals surface area contributed by atoms with Gasteiger partial charge in [-0.05, 0) is 31.6 Å². The lowest BCUT2D eigenvalue weighted by Gasteiger charge is -2.36. The standard InChI is InChI=1S/C14H23N5/c1-3-11-12(4-2)17-18-14(16-11)19-7-5-6-10-8-15-9-13(10)19/h10,13,15H,3-9H2,1-2H3. The van der Waals surface area contributed by atoms with Gasteiger partial charge in [0, 0.05) is 25.7 Å². The molecule has 3 rings (SSSR count). The molecule has 2 aliphatic heterocycles. The quantitative estimate of drug-likeness (QED) is 0.885. The lowest BCUT2D eigenvalue weighted by atomic mass is 9.92. The Kier molecular flexibility index (Phi) is 3.64. The van der Waals surface area contributed by atoms with E-state index < -0.39 is 0 Å². The molecule has 0 amide bonds. The molecule has 2 aliphatic rings. The van der Waals surface area contributed by atoms with E-state index >= 15 is 0 Å². The van der Waals surface area contributed by atoms with Crippen LogP contribution < -0.4 is 10.2 Å². The summed E-state index contributed by atoms with van der Waals surface area (Å²) in [6.45, 7) is 7.53. The van der Waals surface area contributed by atoms with Crippen LogP contribution in [0.15, 0.2) is 0 Å². The smallest absolute Gasteiger partial charge is 0.245 e. The van der Waals surface area contributed by atoms with E-state index in [9.17, 15) is 0 Å². The van der Waals surface area contributed by atoms with Gasteiger partial charge < -0.3 is 10.2 Å². The van der Waals surface area contributed by atoms with Crippen molar-refractivity contribution >= 4 is 5.95 Å². The molecule has 0 radical (unpaired) electrons. The Bertz CT molecular complexity index is 447. The maximum atomic E-state index is 4.77. The van der Waals surface area contributed by atoms with Crippen molar-refractivity contribution in [3.8, 4) is 0 Å². The summed E-state index contributed by atoms with van der Waals surface area (Å²) in [6.07, 6.45) is 4.42.